The van der Waals surface area contributed by atoms with Crippen molar-refractivity contribution >= 4 is 28.8 Å². The van der Waals surface area contributed by atoms with Crippen LogP contribution in [0.4, 0.5) is 18.0 Å². The summed E-state index contributed by atoms with van der Waals surface area (Å²) >= 11 is 0. The molecule has 3 aliphatic rings. The minimum Gasteiger partial charge on any atom is -0.471 e. The number of alkyl halides is 3. The van der Waals surface area contributed by atoms with Gasteiger partial charge in [-0.2, -0.15) is 13.2 Å². The first-order chi connectivity index (χ1) is 21.5. The van der Waals surface area contributed by atoms with Gasteiger partial charge in [0.1, 0.15) is 23.4 Å². The maximum atomic E-state index is 14.2. The fraction of sp³-hybridized carbons (Fsp3) is 0.676. The van der Waals surface area contributed by atoms with Crippen molar-refractivity contribution in [1.82, 2.24) is 20.2 Å². The van der Waals surface area contributed by atoms with E-state index >= 15 is 0 Å². The number of carbonyl (C=O) groups is 3. The summed E-state index contributed by atoms with van der Waals surface area (Å²) in [5.74, 6) is -0.865. The number of ketones is 1. The van der Waals surface area contributed by atoms with E-state index in [1.165, 1.54) is 17.9 Å². The van der Waals surface area contributed by atoms with Gasteiger partial charge in [0, 0.05) is 5.92 Å². The summed E-state index contributed by atoms with van der Waals surface area (Å²) < 4.78 is 53.1. The van der Waals surface area contributed by atoms with E-state index in [4.69, 9.17) is 14.5 Å². The topological polar surface area (TPSA) is 111 Å². The quantitative estimate of drug-likeness (QED) is 0.370. The number of ether oxygens (including phenoxy) is 2. The van der Waals surface area contributed by atoms with Crippen LogP contribution in [0, 0.1) is 17.3 Å². The molecule has 46 heavy (non-hydrogen) atoms. The maximum absolute atomic E-state index is 14.2. The van der Waals surface area contributed by atoms with E-state index in [0.29, 0.717) is 17.6 Å². The highest BCUT2D eigenvalue weighted by molar-refractivity contribution is 5.92. The molecule has 1 saturated heterocycles. The van der Waals surface area contributed by atoms with Crippen LogP contribution in [0.1, 0.15) is 97.7 Å². The number of aryl methyl sites for hydroxylation is 1. The Hall–Kier alpha value is -3.44. The summed E-state index contributed by atoms with van der Waals surface area (Å²) in [6, 6.07) is 1.44. The van der Waals surface area contributed by atoms with Gasteiger partial charge < -0.3 is 19.7 Å². The SMILES string of the molecule is CC(=O)[C@@H]1[C@H](C)[C@@H]2CN1C(=O)[C@H](C(C)(C)C)NC(=O)O[C@]1(C)CCC[C@H]1CCCCCc1nc3ccc(C(F)(F)F)cc3nc1O2. The minimum absolute atomic E-state index is 0.0229. The summed E-state index contributed by atoms with van der Waals surface area (Å²) in [4.78, 5) is 51.3. The zero-order chi connectivity index (χ0) is 33.6. The second-order valence-corrected chi connectivity index (χ2v) is 14.6. The van der Waals surface area contributed by atoms with Crippen molar-refractivity contribution in [2.75, 3.05) is 6.54 Å². The molecule has 252 valence electrons. The van der Waals surface area contributed by atoms with Crippen molar-refractivity contribution in [3.63, 3.8) is 0 Å². The van der Waals surface area contributed by atoms with Crippen LogP contribution in [-0.2, 0) is 26.9 Å². The van der Waals surface area contributed by atoms with Gasteiger partial charge in [-0.25, -0.2) is 14.8 Å². The molecular formula is C34H45F3N4O5. The second kappa shape index (κ2) is 12.6. The van der Waals surface area contributed by atoms with Crippen molar-refractivity contribution in [2.24, 2.45) is 17.3 Å². The molecule has 1 aromatic heterocycles. The highest BCUT2D eigenvalue weighted by atomic mass is 19.4. The van der Waals surface area contributed by atoms with Crippen LogP contribution in [0.2, 0.25) is 0 Å². The Morgan fingerprint density at radius 3 is 2.43 bits per heavy atom. The molecule has 12 heteroatoms. The predicted octanol–water partition coefficient (Wildman–Crippen LogP) is 6.65. The Bertz CT molecular complexity index is 1490. The fourth-order valence-corrected chi connectivity index (χ4v) is 7.40. The van der Waals surface area contributed by atoms with Crippen LogP contribution in [0.5, 0.6) is 5.88 Å². The van der Waals surface area contributed by atoms with Gasteiger partial charge in [0.25, 0.3) is 0 Å². The van der Waals surface area contributed by atoms with Gasteiger partial charge in [-0.05, 0) is 81.9 Å². The summed E-state index contributed by atoms with van der Waals surface area (Å²) in [5.41, 5.74) is -1.31. The first-order valence-corrected chi connectivity index (χ1v) is 16.3. The molecule has 5 rings (SSSR count). The van der Waals surface area contributed by atoms with Crippen LogP contribution in [0.25, 0.3) is 11.0 Å². The standard InChI is InChI=1S/C34H45F3N4O5/c1-19-26-18-41(27(19)20(2)42)30(43)28(32(3,4)5)40-31(44)46-33(6)16-10-12-21(33)11-8-7-9-13-24-29(45-26)39-25-17-22(34(35,36)37)14-15-23(25)38-24/h14-15,17,19,21,26-28H,7-13,16,18H2,1-6H3,(H,40,44)/t19-,21-,26+,27+,28-,33-/m1/s1. The van der Waals surface area contributed by atoms with E-state index in [1.54, 1.807) is 6.92 Å². The lowest BCUT2D eigenvalue weighted by Crippen LogP contribution is -2.57. The molecule has 0 radical (unpaired) electrons. The third kappa shape index (κ3) is 6.95. The number of Topliss-reactive ketones (excluding diaryl/α,β-unsaturated/α-hetero) is 1. The van der Waals surface area contributed by atoms with Gasteiger partial charge >= 0.3 is 12.3 Å². The Labute approximate surface area is 268 Å². The summed E-state index contributed by atoms with van der Waals surface area (Å²) in [6.07, 6.45) is 0.582. The molecule has 2 fully saturated rings. The summed E-state index contributed by atoms with van der Waals surface area (Å²) in [5, 5.41) is 2.84. The van der Waals surface area contributed by atoms with Crippen molar-refractivity contribution in [2.45, 2.75) is 123 Å². The Morgan fingerprint density at radius 2 is 1.76 bits per heavy atom. The van der Waals surface area contributed by atoms with Crippen molar-refractivity contribution in [3.8, 4) is 5.88 Å². The highest BCUT2D eigenvalue weighted by Crippen LogP contribution is 2.42. The molecule has 2 aliphatic heterocycles. The number of nitrogens with one attached hydrogen (secondary N) is 1. The molecule has 6 atom stereocenters. The van der Waals surface area contributed by atoms with Crippen LogP contribution in [-0.4, -0.2) is 63.0 Å². The Balaban J connectivity index is 1.55. The highest BCUT2D eigenvalue weighted by Gasteiger charge is 2.50. The number of benzene rings is 1. The zero-order valence-electron chi connectivity index (χ0n) is 27.5. The Morgan fingerprint density at radius 1 is 1.04 bits per heavy atom. The number of carbonyl (C=O) groups excluding carboxylic acids is 3. The zero-order valence-corrected chi connectivity index (χ0v) is 27.5. The average molecular weight is 647 g/mol. The van der Waals surface area contributed by atoms with Crippen LogP contribution < -0.4 is 10.1 Å². The van der Waals surface area contributed by atoms with E-state index in [2.05, 4.69) is 10.3 Å². The number of hydrogen-bond acceptors (Lipinski definition) is 7. The number of fused-ring (bicyclic) bond motifs is 5. The first-order valence-electron chi connectivity index (χ1n) is 16.3. The maximum Gasteiger partial charge on any atom is 0.416 e. The number of hydrogen-bond donors (Lipinski definition) is 1. The van der Waals surface area contributed by atoms with Crippen molar-refractivity contribution in [1.29, 1.82) is 0 Å². The molecule has 2 aromatic rings. The summed E-state index contributed by atoms with van der Waals surface area (Å²) in [7, 11) is 0. The lowest BCUT2D eigenvalue weighted by Gasteiger charge is -2.37. The molecule has 2 bridgehead atoms. The predicted molar refractivity (Wildman–Crippen MR) is 165 cm³/mol. The summed E-state index contributed by atoms with van der Waals surface area (Å²) in [6.45, 7) is 10.7. The van der Waals surface area contributed by atoms with E-state index in [-0.39, 0.29) is 29.6 Å². The van der Waals surface area contributed by atoms with Crippen molar-refractivity contribution in [3.05, 3.63) is 29.5 Å². The van der Waals surface area contributed by atoms with Crippen LogP contribution in [0.3, 0.4) is 0 Å². The van der Waals surface area contributed by atoms with Crippen LogP contribution >= 0.6 is 0 Å². The van der Waals surface area contributed by atoms with E-state index in [9.17, 15) is 27.6 Å². The lowest BCUT2D eigenvalue weighted by molar-refractivity contribution is -0.141. The van der Waals surface area contributed by atoms with Gasteiger partial charge in [0.05, 0.1) is 29.2 Å². The van der Waals surface area contributed by atoms with Gasteiger partial charge in [0.15, 0.2) is 5.78 Å². The largest absolute Gasteiger partial charge is 0.471 e. The Kier molecular flexibility index (Phi) is 9.31. The van der Waals surface area contributed by atoms with Gasteiger partial charge in [-0.15, -0.1) is 0 Å². The van der Waals surface area contributed by atoms with Crippen LogP contribution in [0.15, 0.2) is 18.2 Å². The average Bonchev–Trinajstić information content (AvgIpc) is 3.48. The molecule has 1 aromatic carbocycles. The third-order valence-corrected chi connectivity index (χ3v) is 10.0. The smallest absolute Gasteiger partial charge is 0.416 e. The molecule has 1 aliphatic carbocycles. The minimum atomic E-state index is -4.55. The van der Waals surface area contributed by atoms with E-state index in [1.807, 2.05) is 27.7 Å². The molecular weight excluding hydrogens is 601 g/mol. The molecule has 0 spiro atoms. The van der Waals surface area contributed by atoms with Crippen molar-refractivity contribution < 1.29 is 37.0 Å². The van der Waals surface area contributed by atoms with E-state index < -0.39 is 58.9 Å². The molecule has 2 amide bonds. The number of aromatic nitrogens is 2. The molecule has 1 saturated carbocycles. The third-order valence-electron chi connectivity index (χ3n) is 10.0. The number of nitrogens with zero attached hydrogens (tertiary/aromatic N) is 3. The fourth-order valence-electron chi connectivity index (χ4n) is 7.40. The second-order valence-electron chi connectivity index (χ2n) is 14.6. The van der Waals surface area contributed by atoms with Gasteiger partial charge in [0.2, 0.25) is 11.8 Å². The molecule has 9 nitrogen and oxygen atoms in total. The lowest BCUT2D eigenvalue weighted by atomic mass is 9.85. The molecule has 3 heterocycles. The first kappa shape index (κ1) is 33.9. The normalized spacial score (nSPS) is 30.0. The van der Waals surface area contributed by atoms with E-state index in [0.717, 1.165) is 57.1 Å². The number of halogens is 3. The van der Waals surface area contributed by atoms with Gasteiger partial charge in [-0.1, -0.05) is 40.5 Å². The van der Waals surface area contributed by atoms with Gasteiger partial charge in [-0.3, -0.25) is 9.59 Å². The number of amides is 2. The monoisotopic (exact) mass is 646 g/mol. The number of rotatable bonds is 1. The number of alkyl carbamates (subject to hydrolysis) is 1. The molecule has 1 N–H and O–H groups in total. The molecule has 0 unspecified atom stereocenters.